The SMILES string of the molecule is COC(=O)C1(NS(=O)(=O)c2ccc(Cl)nc2)CCCCC1. The molecule has 0 aliphatic heterocycles. The van der Waals surface area contributed by atoms with Crippen LogP contribution in [0.1, 0.15) is 32.1 Å². The number of nitrogens with one attached hydrogen (secondary N) is 1. The Kier molecular flexibility index (Phi) is 4.85. The van der Waals surface area contributed by atoms with E-state index in [1.165, 1.54) is 25.4 Å². The minimum Gasteiger partial charge on any atom is -0.468 e. The molecule has 2 rings (SSSR count). The van der Waals surface area contributed by atoms with Gasteiger partial charge in [-0.15, -0.1) is 0 Å². The second-order valence-electron chi connectivity index (χ2n) is 5.06. The zero-order chi connectivity index (χ0) is 15.5. The molecule has 1 aromatic heterocycles. The molecule has 116 valence electrons. The third-order valence-electron chi connectivity index (χ3n) is 3.62. The average Bonchev–Trinajstić information content (AvgIpc) is 2.47. The highest BCUT2D eigenvalue weighted by molar-refractivity contribution is 7.89. The van der Waals surface area contributed by atoms with Gasteiger partial charge in [-0.25, -0.2) is 13.4 Å². The Balaban J connectivity index is 2.31. The smallest absolute Gasteiger partial charge is 0.327 e. The van der Waals surface area contributed by atoms with Gasteiger partial charge in [-0.2, -0.15) is 4.72 Å². The fourth-order valence-electron chi connectivity index (χ4n) is 2.54. The van der Waals surface area contributed by atoms with Crippen molar-refractivity contribution in [2.45, 2.75) is 42.5 Å². The Labute approximate surface area is 128 Å². The monoisotopic (exact) mass is 332 g/mol. The van der Waals surface area contributed by atoms with Crippen LogP contribution in [-0.2, 0) is 19.6 Å². The molecule has 1 aromatic rings. The van der Waals surface area contributed by atoms with Crippen molar-refractivity contribution in [3.63, 3.8) is 0 Å². The Morgan fingerprint density at radius 2 is 2.00 bits per heavy atom. The first-order valence-corrected chi connectivity index (χ1v) is 8.50. The Bertz CT molecular complexity index is 610. The predicted octanol–water partition coefficient (Wildman–Crippen LogP) is 1.89. The van der Waals surface area contributed by atoms with Crippen LogP contribution in [0.5, 0.6) is 0 Å². The van der Waals surface area contributed by atoms with Crippen LogP contribution < -0.4 is 4.72 Å². The molecule has 0 radical (unpaired) electrons. The van der Waals surface area contributed by atoms with Gasteiger partial charge in [0.2, 0.25) is 10.0 Å². The molecule has 0 spiro atoms. The number of hydrogen-bond donors (Lipinski definition) is 1. The lowest BCUT2D eigenvalue weighted by molar-refractivity contribution is -0.149. The number of hydrogen-bond acceptors (Lipinski definition) is 5. The van der Waals surface area contributed by atoms with Crippen molar-refractivity contribution in [2.24, 2.45) is 0 Å². The van der Waals surface area contributed by atoms with Crippen LogP contribution in [0.2, 0.25) is 5.15 Å². The van der Waals surface area contributed by atoms with Gasteiger partial charge in [-0.1, -0.05) is 30.9 Å². The van der Waals surface area contributed by atoms with Crippen LogP contribution in [-0.4, -0.2) is 32.0 Å². The molecule has 0 bridgehead atoms. The van der Waals surface area contributed by atoms with Crippen molar-refractivity contribution >= 4 is 27.6 Å². The van der Waals surface area contributed by atoms with Crippen LogP contribution in [0.15, 0.2) is 23.2 Å². The number of carbonyl (C=O) groups is 1. The number of aromatic nitrogens is 1. The average molecular weight is 333 g/mol. The van der Waals surface area contributed by atoms with Gasteiger partial charge in [0.05, 0.1) is 7.11 Å². The van der Waals surface area contributed by atoms with Gasteiger partial charge in [0.15, 0.2) is 0 Å². The first-order chi connectivity index (χ1) is 9.89. The highest BCUT2D eigenvalue weighted by Gasteiger charge is 2.44. The molecular weight excluding hydrogens is 316 g/mol. The van der Waals surface area contributed by atoms with Gasteiger partial charge in [0, 0.05) is 6.20 Å². The second-order valence-corrected chi connectivity index (χ2v) is 7.13. The summed E-state index contributed by atoms with van der Waals surface area (Å²) in [5, 5.41) is 0.203. The van der Waals surface area contributed by atoms with E-state index in [1.807, 2.05) is 0 Å². The summed E-state index contributed by atoms with van der Waals surface area (Å²) in [7, 11) is -2.60. The number of rotatable bonds is 4. The van der Waals surface area contributed by atoms with Crippen molar-refractivity contribution in [2.75, 3.05) is 7.11 Å². The molecule has 6 nitrogen and oxygen atoms in total. The van der Waals surface area contributed by atoms with Crippen LogP contribution >= 0.6 is 11.6 Å². The standard InChI is InChI=1S/C13H17ClN2O4S/c1-20-12(17)13(7-3-2-4-8-13)16-21(18,19)10-5-6-11(14)15-9-10/h5-6,9,16H,2-4,7-8H2,1H3. The topological polar surface area (TPSA) is 85.4 Å². The molecule has 1 N–H and O–H groups in total. The molecule has 8 heteroatoms. The fraction of sp³-hybridized carbons (Fsp3) is 0.538. The van der Waals surface area contributed by atoms with E-state index in [0.717, 1.165) is 19.3 Å². The first kappa shape index (κ1) is 16.2. The predicted molar refractivity (Wildman–Crippen MR) is 77.4 cm³/mol. The van der Waals surface area contributed by atoms with Gasteiger partial charge in [0.25, 0.3) is 0 Å². The summed E-state index contributed by atoms with van der Waals surface area (Å²) in [4.78, 5) is 15.8. The molecule has 1 saturated carbocycles. The molecule has 0 atom stereocenters. The zero-order valence-electron chi connectivity index (χ0n) is 11.6. The minimum absolute atomic E-state index is 0.0271. The van der Waals surface area contributed by atoms with Gasteiger partial charge < -0.3 is 4.74 Å². The lowest BCUT2D eigenvalue weighted by Crippen LogP contribution is -2.55. The van der Waals surface area contributed by atoms with Crippen LogP contribution in [0.3, 0.4) is 0 Å². The molecule has 1 fully saturated rings. The Hall–Kier alpha value is -1.18. The summed E-state index contributed by atoms with van der Waals surface area (Å²) < 4.78 is 32.2. The van der Waals surface area contributed by atoms with E-state index >= 15 is 0 Å². The normalized spacial score (nSPS) is 18.2. The number of methoxy groups -OCH3 is 1. The van der Waals surface area contributed by atoms with Gasteiger partial charge in [-0.3, -0.25) is 4.79 Å². The summed E-state index contributed by atoms with van der Waals surface area (Å²) in [6.07, 6.45) is 4.55. The number of pyridine rings is 1. The fourth-order valence-corrected chi connectivity index (χ4v) is 4.01. The van der Waals surface area contributed by atoms with Crippen LogP contribution in [0.4, 0.5) is 0 Å². The van der Waals surface area contributed by atoms with Crippen LogP contribution in [0.25, 0.3) is 0 Å². The van der Waals surface area contributed by atoms with E-state index in [1.54, 1.807) is 0 Å². The summed E-state index contributed by atoms with van der Waals surface area (Å²) in [6, 6.07) is 2.74. The third kappa shape index (κ3) is 3.53. The molecule has 0 amide bonds. The highest BCUT2D eigenvalue weighted by Crippen LogP contribution is 2.31. The maximum absolute atomic E-state index is 12.4. The third-order valence-corrected chi connectivity index (χ3v) is 5.37. The lowest BCUT2D eigenvalue weighted by Gasteiger charge is -2.34. The van der Waals surface area contributed by atoms with E-state index < -0.39 is 21.5 Å². The number of esters is 1. The Morgan fingerprint density at radius 3 is 2.52 bits per heavy atom. The minimum atomic E-state index is -3.86. The molecule has 21 heavy (non-hydrogen) atoms. The second kappa shape index (κ2) is 6.29. The molecule has 1 heterocycles. The van der Waals surface area contributed by atoms with Crippen molar-refractivity contribution in [1.29, 1.82) is 0 Å². The van der Waals surface area contributed by atoms with Crippen molar-refractivity contribution < 1.29 is 17.9 Å². The van der Waals surface area contributed by atoms with Crippen LogP contribution in [0, 0.1) is 0 Å². The maximum Gasteiger partial charge on any atom is 0.327 e. The molecule has 1 aliphatic carbocycles. The number of ether oxygens (including phenoxy) is 1. The number of halogens is 1. The molecule has 0 unspecified atom stereocenters. The summed E-state index contributed by atoms with van der Waals surface area (Å²) in [6.45, 7) is 0. The quantitative estimate of drug-likeness (QED) is 0.672. The molecular formula is C13H17ClN2O4S. The van der Waals surface area contributed by atoms with E-state index in [2.05, 4.69) is 9.71 Å². The summed E-state index contributed by atoms with van der Waals surface area (Å²) >= 11 is 5.65. The molecule has 0 saturated heterocycles. The van der Waals surface area contributed by atoms with Crippen molar-refractivity contribution in [3.05, 3.63) is 23.5 Å². The van der Waals surface area contributed by atoms with E-state index in [-0.39, 0.29) is 10.0 Å². The van der Waals surface area contributed by atoms with E-state index in [4.69, 9.17) is 16.3 Å². The van der Waals surface area contributed by atoms with Crippen molar-refractivity contribution in [3.8, 4) is 0 Å². The van der Waals surface area contributed by atoms with Gasteiger partial charge >= 0.3 is 5.97 Å². The van der Waals surface area contributed by atoms with E-state index in [9.17, 15) is 13.2 Å². The largest absolute Gasteiger partial charge is 0.468 e. The maximum atomic E-state index is 12.4. The number of carbonyl (C=O) groups excluding carboxylic acids is 1. The lowest BCUT2D eigenvalue weighted by atomic mass is 9.83. The highest BCUT2D eigenvalue weighted by atomic mass is 35.5. The zero-order valence-corrected chi connectivity index (χ0v) is 13.2. The number of nitrogens with zero attached hydrogens (tertiary/aromatic N) is 1. The Morgan fingerprint density at radius 1 is 1.33 bits per heavy atom. The van der Waals surface area contributed by atoms with Crippen molar-refractivity contribution in [1.82, 2.24) is 9.71 Å². The van der Waals surface area contributed by atoms with E-state index in [0.29, 0.717) is 12.8 Å². The first-order valence-electron chi connectivity index (χ1n) is 6.64. The summed E-state index contributed by atoms with van der Waals surface area (Å²) in [5.41, 5.74) is -1.19. The molecule has 1 aliphatic rings. The van der Waals surface area contributed by atoms with Gasteiger partial charge in [-0.05, 0) is 25.0 Å². The van der Waals surface area contributed by atoms with Gasteiger partial charge in [0.1, 0.15) is 15.6 Å². The molecule has 0 aromatic carbocycles. The summed E-state index contributed by atoms with van der Waals surface area (Å²) in [5.74, 6) is -0.548. The number of sulfonamides is 1.